The first-order valence-corrected chi connectivity index (χ1v) is 10.1. The Labute approximate surface area is 172 Å². The van der Waals surface area contributed by atoms with Crippen molar-refractivity contribution in [3.63, 3.8) is 0 Å². The van der Waals surface area contributed by atoms with Crippen LogP contribution in [0.15, 0.2) is 95.1 Å². The van der Waals surface area contributed by atoms with Gasteiger partial charge in [0.15, 0.2) is 5.58 Å². The van der Waals surface area contributed by atoms with Crippen LogP contribution in [0.3, 0.4) is 0 Å². The lowest BCUT2D eigenvalue weighted by Crippen LogP contribution is -2.37. The van der Waals surface area contributed by atoms with Gasteiger partial charge in [-0.05, 0) is 28.8 Å². The molecule has 0 saturated heterocycles. The van der Waals surface area contributed by atoms with E-state index >= 15 is 0 Å². The third-order valence-corrected chi connectivity index (χ3v) is 5.12. The molecule has 6 heteroatoms. The lowest BCUT2D eigenvalue weighted by molar-refractivity contribution is -0.119. The third kappa shape index (κ3) is 4.67. The Kier molecular flexibility index (Phi) is 5.63. The smallest absolute Gasteiger partial charge is 0.257 e. The summed E-state index contributed by atoms with van der Waals surface area (Å²) in [5, 5.41) is 0.469. The van der Waals surface area contributed by atoms with Crippen molar-refractivity contribution < 1.29 is 9.21 Å². The number of aromatic nitrogens is 1. The molecule has 2 N–H and O–H groups in total. The number of benzene rings is 3. The zero-order valence-electron chi connectivity index (χ0n) is 15.6. The Bertz CT molecular complexity index is 1100. The van der Waals surface area contributed by atoms with E-state index in [1.807, 2.05) is 66.7 Å². The molecule has 29 heavy (non-hydrogen) atoms. The molecule has 0 unspecified atom stereocenters. The third-order valence-electron chi connectivity index (χ3n) is 4.29. The quantitative estimate of drug-likeness (QED) is 0.341. The largest absolute Gasteiger partial charge is 0.431 e. The molecule has 4 aromatic rings. The number of hydrogen-bond donors (Lipinski definition) is 2. The minimum absolute atomic E-state index is 0.181. The molecule has 0 fully saturated rings. The summed E-state index contributed by atoms with van der Waals surface area (Å²) in [5.41, 5.74) is 10.8. The number of fused-ring (bicyclic) bond motifs is 1. The molecule has 0 spiro atoms. The molecule has 3 aromatic carbocycles. The van der Waals surface area contributed by atoms with Gasteiger partial charge in [-0.25, -0.2) is 4.98 Å². The molecule has 1 aromatic heterocycles. The van der Waals surface area contributed by atoms with Gasteiger partial charge >= 0.3 is 0 Å². The number of hydrazine groups is 1. The standard InChI is InChI=1S/C23H19N3O2S/c1-16(17-11-13-19(14-12-17)18-7-3-2-4-8-18)25-26-22(27)15-29-23-24-20-9-5-6-10-21(20)28-23/h2-14,25H,1,15H2,(H,26,27). The van der Waals surface area contributed by atoms with Gasteiger partial charge in [0, 0.05) is 0 Å². The number of carbonyl (C=O) groups excluding carboxylic acids is 1. The summed E-state index contributed by atoms with van der Waals surface area (Å²) in [6, 6.07) is 25.7. The van der Waals surface area contributed by atoms with Crippen LogP contribution in [-0.2, 0) is 4.79 Å². The van der Waals surface area contributed by atoms with Crippen molar-refractivity contribution in [2.45, 2.75) is 5.22 Å². The van der Waals surface area contributed by atoms with Crippen molar-refractivity contribution >= 4 is 34.5 Å². The summed E-state index contributed by atoms with van der Waals surface area (Å²) >= 11 is 1.24. The van der Waals surface area contributed by atoms with Crippen LogP contribution in [0.4, 0.5) is 0 Å². The summed E-state index contributed by atoms with van der Waals surface area (Å²) in [7, 11) is 0. The van der Waals surface area contributed by atoms with Crippen LogP contribution in [0.1, 0.15) is 5.56 Å². The van der Waals surface area contributed by atoms with E-state index in [0.29, 0.717) is 16.5 Å². The Morgan fingerprint density at radius 2 is 1.59 bits per heavy atom. The fourth-order valence-electron chi connectivity index (χ4n) is 2.79. The Morgan fingerprint density at radius 3 is 2.34 bits per heavy atom. The van der Waals surface area contributed by atoms with E-state index in [4.69, 9.17) is 4.42 Å². The molecule has 0 aliphatic carbocycles. The van der Waals surface area contributed by atoms with E-state index in [1.54, 1.807) is 0 Å². The summed E-state index contributed by atoms with van der Waals surface area (Å²) in [6.45, 7) is 3.98. The number of oxazole rings is 1. The minimum atomic E-state index is -0.195. The van der Waals surface area contributed by atoms with Gasteiger partial charge in [-0.2, -0.15) is 0 Å². The van der Waals surface area contributed by atoms with Gasteiger partial charge in [0.25, 0.3) is 5.22 Å². The summed E-state index contributed by atoms with van der Waals surface area (Å²) in [4.78, 5) is 16.4. The topological polar surface area (TPSA) is 67.2 Å². The molecule has 0 aliphatic rings. The number of nitrogens with zero attached hydrogens (tertiary/aromatic N) is 1. The molecular weight excluding hydrogens is 382 g/mol. The fourth-order valence-corrected chi connectivity index (χ4v) is 3.43. The fraction of sp³-hybridized carbons (Fsp3) is 0.0435. The first kappa shape index (κ1) is 18.8. The average molecular weight is 401 g/mol. The number of nitrogens with one attached hydrogen (secondary N) is 2. The summed E-state index contributed by atoms with van der Waals surface area (Å²) in [6.07, 6.45) is 0. The SMILES string of the molecule is C=C(NNC(=O)CSc1nc2ccccc2o1)c1ccc(-c2ccccc2)cc1. The molecule has 144 valence electrons. The van der Waals surface area contributed by atoms with Gasteiger partial charge in [0.2, 0.25) is 5.91 Å². The van der Waals surface area contributed by atoms with Gasteiger partial charge in [-0.1, -0.05) is 85.1 Å². The zero-order chi connectivity index (χ0) is 20.1. The number of carbonyl (C=O) groups is 1. The highest BCUT2D eigenvalue weighted by atomic mass is 32.2. The molecule has 1 amide bonds. The van der Waals surface area contributed by atoms with E-state index in [2.05, 4.69) is 34.5 Å². The lowest BCUT2D eigenvalue weighted by atomic mass is 10.0. The molecule has 1 heterocycles. The highest BCUT2D eigenvalue weighted by Crippen LogP contribution is 2.23. The van der Waals surface area contributed by atoms with Crippen molar-refractivity contribution in [2.24, 2.45) is 0 Å². The summed E-state index contributed by atoms with van der Waals surface area (Å²) < 4.78 is 5.59. The van der Waals surface area contributed by atoms with Gasteiger partial charge in [-0.3, -0.25) is 15.6 Å². The van der Waals surface area contributed by atoms with E-state index in [1.165, 1.54) is 11.8 Å². The first-order chi connectivity index (χ1) is 14.2. The van der Waals surface area contributed by atoms with Gasteiger partial charge in [0.1, 0.15) is 5.52 Å². The van der Waals surface area contributed by atoms with Crippen molar-refractivity contribution in [3.8, 4) is 11.1 Å². The van der Waals surface area contributed by atoms with E-state index in [-0.39, 0.29) is 11.7 Å². The second-order valence-corrected chi connectivity index (χ2v) is 7.26. The molecule has 4 rings (SSSR count). The Balaban J connectivity index is 1.28. The molecule has 5 nitrogen and oxygen atoms in total. The number of hydrogen-bond acceptors (Lipinski definition) is 5. The van der Waals surface area contributed by atoms with Crippen LogP contribution < -0.4 is 10.9 Å². The first-order valence-electron chi connectivity index (χ1n) is 9.07. The van der Waals surface area contributed by atoms with Crippen LogP contribution in [0.2, 0.25) is 0 Å². The maximum absolute atomic E-state index is 12.1. The molecule has 0 bridgehead atoms. The van der Waals surface area contributed by atoms with Gasteiger partial charge in [-0.15, -0.1) is 0 Å². The van der Waals surface area contributed by atoms with Crippen LogP contribution in [-0.4, -0.2) is 16.6 Å². The summed E-state index contributed by atoms with van der Waals surface area (Å²) in [5.74, 6) is -0.0145. The van der Waals surface area contributed by atoms with Crippen LogP contribution in [0.5, 0.6) is 0 Å². The molecule has 0 radical (unpaired) electrons. The Morgan fingerprint density at radius 1 is 0.897 bits per heavy atom. The molecular formula is C23H19N3O2S. The zero-order valence-corrected chi connectivity index (χ0v) is 16.4. The van der Waals surface area contributed by atoms with Crippen molar-refractivity contribution in [3.05, 3.63) is 91.0 Å². The van der Waals surface area contributed by atoms with E-state index in [9.17, 15) is 4.79 Å². The van der Waals surface area contributed by atoms with Crippen molar-refractivity contribution in [2.75, 3.05) is 5.75 Å². The van der Waals surface area contributed by atoms with Crippen LogP contribution in [0.25, 0.3) is 27.9 Å². The average Bonchev–Trinajstić information content (AvgIpc) is 3.20. The highest BCUT2D eigenvalue weighted by Gasteiger charge is 2.09. The number of amides is 1. The predicted octanol–water partition coefficient (Wildman–Crippen LogP) is 4.88. The number of para-hydroxylation sites is 2. The number of rotatable bonds is 7. The molecule has 0 aliphatic heterocycles. The minimum Gasteiger partial charge on any atom is -0.431 e. The normalized spacial score (nSPS) is 10.6. The lowest BCUT2D eigenvalue weighted by Gasteiger charge is -2.11. The number of thioether (sulfide) groups is 1. The van der Waals surface area contributed by atoms with Gasteiger partial charge < -0.3 is 4.42 Å². The maximum Gasteiger partial charge on any atom is 0.257 e. The van der Waals surface area contributed by atoms with E-state index < -0.39 is 0 Å². The molecule has 0 atom stereocenters. The monoisotopic (exact) mass is 401 g/mol. The van der Waals surface area contributed by atoms with Crippen LogP contribution >= 0.6 is 11.8 Å². The second-order valence-electron chi connectivity index (χ2n) is 6.33. The maximum atomic E-state index is 12.1. The van der Waals surface area contributed by atoms with Gasteiger partial charge in [0.05, 0.1) is 11.4 Å². The van der Waals surface area contributed by atoms with Crippen molar-refractivity contribution in [1.29, 1.82) is 0 Å². The predicted molar refractivity (Wildman–Crippen MR) is 117 cm³/mol. The second kappa shape index (κ2) is 8.67. The van der Waals surface area contributed by atoms with E-state index in [0.717, 1.165) is 22.2 Å². The van der Waals surface area contributed by atoms with Crippen molar-refractivity contribution in [1.82, 2.24) is 15.8 Å². The van der Waals surface area contributed by atoms with Crippen LogP contribution in [0, 0.1) is 0 Å². The highest BCUT2D eigenvalue weighted by molar-refractivity contribution is 7.99. The molecule has 0 saturated carbocycles. The Hall–Kier alpha value is -3.51.